The lowest BCUT2D eigenvalue weighted by Crippen LogP contribution is -2.04. The molecular weight excluding hydrogens is 247 g/mol. The van der Waals surface area contributed by atoms with Gasteiger partial charge in [0.1, 0.15) is 5.82 Å². The van der Waals surface area contributed by atoms with Crippen molar-refractivity contribution in [2.75, 3.05) is 0 Å². The van der Waals surface area contributed by atoms with E-state index in [-0.39, 0.29) is 11.7 Å². The van der Waals surface area contributed by atoms with Gasteiger partial charge < -0.3 is 5.11 Å². The molecule has 2 rings (SSSR count). The molecule has 1 N–H and O–H groups in total. The van der Waals surface area contributed by atoms with Gasteiger partial charge in [-0.05, 0) is 45.5 Å². The third-order valence-electron chi connectivity index (χ3n) is 2.99. The topological polar surface area (TPSA) is 20.2 Å². The summed E-state index contributed by atoms with van der Waals surface area (Å²) in [6, 6.07) is 3.47. The van der Waals surface area contributed by atoms with Gasteiger partial charge in [0.2, 0.25) is 0 Å². The van der Waals surface area contributed by atoms with Crippen molar-refractivity contribution in [3.63, 3.8) is 0 Å². The van der Waals surface area contributed by atoms with Gasteiger partial charge in [-0.1, -0.05) is 19.4 Å². The molecule has 0 spiro atoms. The highest BCUT2D eigenvalue weighted by Gasteiger charge is 2.32. The molecule has 1 aromatic carbocycles. The molecule has 76 valence electrons. The van der Waals surface area contributed by atoms with Gasteiger partial charge in [-0.25, -0.2) is 4.39 Å². The third kappa shape index (κ3) is 1.39. The average molecular weight is 259 g/mol. The predicted molar refractivity (Wildman–Crippen MR) is 56.5 cm³/mol. The Labute approximate surface area is 91.1 Å². The number of hydrogen-bond donors (Lipinski definition) is 1. The minimum atomic E-state index is -0.488. The second-order valence-corrected chi connectivity index (χ2v) is 4.60. The maximum atomic E-state index is 13.6. The van der Waals surface area contributed by atoms with Crippen LogP contribution >= 0.6 is 15.9 Å². The number of aliphatic hydroxyl groups excluding tert-OH is 1. The van der Waals surface area contributed by atoms with Crippen molar-refractivity contribution in [1.29, 1.82) is 0 Å². The molecule has 0 saturated heterocycles. The average Bonchev–Trinajstić information content (AvgIpc) is 2.50. The van der Waals surface area contributed by atoms with E-state index in [1.54, 1.807) is 6.07 Å². The van der Waals surface area contributed by atoms with Crippen LogP contribution < -0.4 is 0 Å². The van der Waals surface area contributed by atoms with E-state index in [0.717, 1.165) is 12.0 Å². The van der Waals surface area contributed by atoms with Crippen LogP contribution in [0.25, 0.3) is 0 Å². The predicted octanol–water partition coefficient (Wildman–Crippen LogP) is 3.20. The Kier molecular flexibility index (Phi) is 2.62. The molecule has 1 nitrogen and oxygen atoms in total. The van der Waals surface area contributed by atoms with Crippen molar-refractivity contribution < 1.29 is 9.50 Å². The van der Waals surface area contributed by atoms with Crippen LogP contribution in [0, 0.1) is 11.7 Å². The number of aliphatic hydroxyl groups is 1. The molecule has 3 heteroatoms. The molecule has 0 heterocycles. The summed E-state index contributed by atoms with van der Waals surface area (Å²) in [6.07, 6.45) is 1.04. The summed E-state index contributed by atoms with van der Waals surface area (Å²) in [5.41, 5.74) is 1.44. The minimum Gasteiger partial charge on any atom is -0.388 e. The Hall–Kier alpha value is -0.410. The maximum Gasteiger partial charge on any atom is 0.140 e. The molecule has 0 fully saturated rings. The van der Waals surface area contributed by atoms with E-state index in [1.165, 1.54) is 0 Å². The van der Waals surface area contributed by atoms with Crippen LogP contribution in [0.3, 0.4) is 0 Å². The summed E-state index contributed by atoms with van der Waals surface area (Å²) < 4.78 is 14.1. The van der Waals surface area contributed by atoms with Gasteiger partial charge in [0.05, 0.1) is 10.6 Å². The first-order valence-electron chi connectivity index (χ1n) is 4.80. The lowest BCUT2D eigenvalue weighted by Gasteiger charge is -2.11. The number of fused-ring (bicyclic) bond motifs is 1. The first-order valence-corrected chi connectivity index (χ1v) is 5.59. The Morgan fingerprint density at radius 2 is 2.29 bits per heavy atom. The van der Waals surface area contributed by atoms with Gasteiger partial charge in [-0.3, -0.25) is 0 Å². The fourth-order valence-corrected chi connectivity index (χ4v) is 2.46. The zero-order chi connectivity index (χ0) is 10.3. The molecule has 14 heavy (non-hydrogen) atoms. The molecule has 0 bridgehead atoms. The highest BCUT2D eigenvalue weighted by atomic mass is 79.9. The van der Waals surface area contributed by atoms with Crippen LogP contribution in [-0.4, -0.2) is 5.11 Å². The van der Waals surface area contributed by atoms with Crippen LogP contribution in [-0.2, 0) is 6.42 Å². The van der Waals surface area contributed by atoms with Gasteiger partial charge in [0, 0.05) is 0 Å². The zero-order valence-electron chi connectivity index (χ0n) is 7.93. The monoisotopic (exact) mass is 258 g/mol. The molecule has 0 aliphatic heterocycles. The fourth-order valence-electron chi connectivity index (χ4n) is 2.09. The van der Waals surface area contributed by atoms with E-state index in [2.05, 4.69) is 15.9 Å². The summed E-state index contributed by atoms with van der Waals surface area (Å²) in [5.74, 6) is -0.0358. The lowest BCUT2D eigenvalue weighted by atomic mass is 10.0. The number of rotatable bonds is 1. The second-order valence-electron chi connectivity index (χ2n) is 3.75. The Bertz CT molecular complexity index is 365. The van der Waals surface area contributed by atoms with E-state index in [9.17, 15) is 9.50 Å². The van der Waals surface area contributed by atoms with E-state index >= 15 is 0 Å². The lowest BCUT2D eigenvalue weighted by molar-refractivity contribution is 0.121. The van der Waals surface area contributed by atoms with Gasteiger partial charge in [-0.2, -0.15) is 0 Å². The quantitative estimate of drug-likeness (QED) is 0.821. The van der Waals surface area contributed by atoms with Crippen molar-refractivity contribution in [1.82, 2.24) is 0 Å². The summed E-state index contributed by atoms with van der Waals surface area (Å²) in [4.78, 5) is 0. The van der Waals surface area contributed by atoms with Crippen LogP contribution in [0.5, 0.6) is 0 Å². The standard InChI is InChI=1S/C11H12BrFO/c1-2-6-5-8-7(11(6)14)3-4-9(12)10(8)13/h3-4,6,11,14H,2,5H2,1H3/t6-,11-/m0/s1. The number of hydrogen-bond acceptors (Lipinski definition) is 1. The molecule has 1 aliphatic carbocycles. The summed E-state index contributed by atoms with van der Waals surface area (Å²) in [7, 11) is 0. The summed E-state index contributed by atoms with van der Waals surface area (Å²) in [6.45, 7) is 2.02. The number of halogens is 2. The molecule has 0 amide bonds. The largest absolute Gasteiger partial charge is 0.388 e. The van der Waals surface area contributed by atoms with Crippen molar-refractivity contribution >= 4 is 15.9 Å². The van der Waals surface area contributed by atoms with Crippen LogP contribution in [0.4, 0.5) is 4.39 Å². The second kappa shape index (κ2) is 3.63. The Morgan fingerprint density at radius 3 is 2.93 bits per heavy atom. The first kappa shape index (κ1) is 10.1. The molecule has 1 aliphatic rings. The van der Waals surface area contributed by atoms with Crippen LogP contribution in [0.1, 0.15) is 30.6 Å². The zero-order valence-corrected chi connectivity index (χ0v) is 9.51. The van der Waals surface area contributed by atoms with Crippen molar-refractivity contribution in [2.45, 2.75) is 25.9 Å². The van der Waals surface area contributed by atoms with Gasteiger partial charge in [0.15, 0.2) is 0 Å². The van der Waals surface area contributed by atoms with Gasteiger partial charge >= 0.3 is 0 Å². The molecule has 2 atom stereocenters. The van der Waals surface area contributed by atoms with Crippen molar-refractivity contribution in [2.24, 2.45) is 5.92 Å². The smallest absolute Gasteiger partial charge is 0.140 e. The number of benzene rings is 1. The minimum absolute atomic E-state index is 0.175. The molecule has 0 saturated carbocycles. The highest BCUT2D eigenvalue weighted by Crippen LogP contribution is 2.40. The fraction of sp³-hybridized carbons (Fsp3) is 0.455. The van der Waals surface area contributed by atoms with Crippen LogP contribution in [0.2, 0.25) is 0 Å². The SMILES string of the molecule is CC[C@H]1Cc2c(ccc(Br)c2F)[C@H]1O. The molecule has 0 aromatic heterocycles. The molecule has 0 radical (unpaired) electrons. The molecule has 0 unspecified atom stereocenters. The Morgan fingerprint density at radius 1 is 1.57 bits per heavy atom. The van der Waals surface area contributed by atoms with E-state index in [4.69, 9.17) is 0 Å². The van der Waals surface area contributed by atoms with E-state index in [1.807, 2.05) is 13.0 Å². The third-order valence-corrected chi connectivity index (χ3v) is 3.60. The Balaban J connectivity index is 2.48. The normalized spacial score (nSPS) is 25.1. The van der Waals surface area contributed by atoms with Gasteiger partial charge in [0.25, 0.3) is 0 Å². The first-order chi connectivity index (χ1) is 6.65. The highest BCUT2D eigenvalue weighted by molar-refractivity contribution is 9.10. The van der Waals surface area contributed by atoms with Crippen LogP contribution in [0.15, 0.2) is 16.6 Å². The van der Waals surface area contributed by atoms with E-state index < -0.39 is 6.10 Å². The maximum absolute atomic E-state index is 13.6. The van der Waals surface area contributed by atoms with E-state index in [0.29, 0.717) is 16.5 Å². The summed E-state index contributed by atoms with van der Waals surface area (Å²) >= 11 is 3.15. The van der Waals surface area contributed by atoms with Crippen molar-refractivity contribution in [3.05, 3.63) is 33.5 Å². The van der Waals surface area contributed by atoms with Gasteiger partial charge in [-0.15, -0.1) is 0 Å². The van der Waals surface area contributed by atoms with Crippen molar-refractivity contribution in [3.8, 4) is 0 Å². The summed E-state index contributed by atoms with van der Waals surface area (Å²) in [5, 5.41) is 9.87. The molecule has 1 aromatic rings. The molecular formula is C11H12BrFO.